The molecule has 0 saturated heterocycles. The number of aromatic nitrogens is 3. The van der Waals surface area contributed by atoms with Crippen LogP contribution in [-0.2, 0) is 0 Å². The molecule has 2 heterocycles. The maximum absolute atomic E-state index is 11.9. The van der Waals surface area contributed by atoms with Crippen LogP contribution in [0.2, 0.25) is 0 Å². The molecule has 0 spiro atoms. The lowest BCUT2D eigenvalue weighted by atomic mass is 10.0. The predicted octanol–water partition coefficient (Wildman–Crippen LogP) is 5.90. The zero-order valence-electron chi connectivity index (χ0n) is 17.4. The number of nitrogens with one attached hydrogen (secondary N) is 1. The van der Waals surface area contributed by atoms with Crippen molar-refractivity contribution in [1.29, 1.82) is 0 Å². The van der Waals surface area contributed by atoms with Crippen LogP contribution in [0.5, 0.6) is 11.6 Å². The Hall–Kier alpha value is -4.07. The van der Waals surface area contributed by atoms with E-state index >= 15 is 0 Å². The summed E-state index contributed by atoms with van der Waals surface area (Å²) in [6.45, 7) is 6.08. The summed E-state index contributed by atoms with van der Waals surface area (Å²) >= 11 is 0. The number of aryl methyl sites for hydroxylation is 1. The first-order valence-electron chi connectivity index (χ1n) is 9.83. The number of nitro groups is 1. The Kier molecular flexibility index (Phi) is 5.44. The van der Waals surface area contributed by atoms with E-state index in [0.717, 1.165) is 11.1 Å². The summed E-state index contributed by atoms with van der Waals surface area (Å²) in [7, 11) is 0. The average molecular weight is 415 g/mol. The molecule has 0 atom stereocenters. The third-order valence-electron chi connectivity index (χ3n) is 4.84. The second-order valence-corrected chi connectivity index (χ2v) is 7.42. The Balaban J connectivity index is 1.71. The number of hydrogen-bond donors (Lipinski definition) is 1. The van der Waals surface area contributed by atoms with E-state index in [1.165, 1.54) is 11.9 Å². The summed E-state index contributed by atoms with van der Waals surface area (Å²) in [6.07, 6.45) is 1.23. The van der Waals surface area contributed by atoms with Crippen LogP contribution < -0.4 is 10.1 Å². The van der Waals surface area contributed by atoms with E-state index < -0.39 is 4.92 Å². The lowest BCUT2D eigenvalue weighted by Gasteiger charge is -2.11. The van der Waals surface area contributed by atoms with Gasteiger partial charge in [0.05, 0.1) is 4.92 Å². The van der Waals surface area contributed by atoms with E-state index in [0.29, 0.717) is 22.9 Å². The van der Waals surface area contributed by atoms with Crippen LogP contribution in [0.25, 0.3) is 10.9 Å². The molecule has 0 saturated carbocycles. The lowest BCUT2D eigenvalue weighted by molar-refractivity contribution is -0.385. The zero-order valence-corrected chi connectivity index (χ0v) is 17.4. The standard InChI is InChI=1S/C23H21N5O3/c1-14(2)16-9-11-18(12-10-16)27-22-21(28(29)30)23(25-13-24-22)31-19-6-4-5-17-8-7-15(3)26-20(17)19/h4-14H,1-3H3,(H,24,25,27). The Morgan fingerprint density at radius 2 is 1.81 bits per heavy atom. The van der Waals surface area contributed by atoms with Gasteiger partial charge in [0.1, 0.15) is 11.8 Å². The molecule has 31 heavy (non-hydrogen) atoms. The molecular weight excluding hydrogens is 394 g/mol. The smallest absolute Gasteiger partial charge is 0.373 e. The number of fused-ring (bicyclic) bond motifs is 1. The Labute approximate surface area is 179 Å². The van der Waals surface area contributed by atoms with Gasteiger partial charge in [0.15, 0.2) is 5.75 Å². The molecule has 156 valence electrons. The summed E-state index contributed by atoms with van der Waals surface area (Å²) in [4.78, 5) is 23.9. The molecule has 0 amide bonds. The number of pyridine rings is 1. The quantitative estimate of drug-likeness (QED) is 0.309. The molecule has 1 N–H and O–H groups in total. The van der Waals surface area contributed by atoms with Crippen LogP contribution in [0.15, 0.2) is 60.9 Å². The van der Waals surface area contributed by atoms with Gasteiger partial charge < -0.3 is 10.1 Å². The van der Waals surface area contributed by atoms with Gasteiger partial charge in [0.2, 0.25) is 5.82 Å². The molecule has 0 fully saturated rings. The van der Waals surface area contributed by atoms with Gasteiger partial charge in [0.25, 0.3) is 0 Å². The number of para-hydroxylation sites is 1. The third-order valence-corrected chi connectivity index (χ3v) is 4.84. The summed E-state index contributed by atoms with van der Waals surface area (Å²) in [6, 6.07) is 16.9. The molecule has 0 bridgehead atoms. The van der Waals surface area contributed by atoms with Gasteiger partial charge >= 0.3 is 11.6 Å². The average Bonchev–Trinajstić information content (AvgIpc) is 2.74. The molecule has 0 aliphatic carbocycles. The highest BCUT2D eigenvalue weighted by molar-refractivity contribution is 5.85. The molecule has 0 unspecified atom stereocenters. The fraction of sp³-hybridized carbons (Fsp3) is 0.174. The summed E-state index contributed by atoms with van der Waals surface area (Å²) in [5.41, 5.74) is 2.92. The van der Waals surface area contributed by atoms with Gasteiger partial charge in [-0.25, -0.2) is 9.97 Å². The second-order valence-electron chi connectivity index (χ2n) is 7.42. The number of rotatable bonds is 6. The van der Waals surface area contributed by atoms with Gasteiger partial charge in [0, 0.05) is 16.8 Å². The van der Waals surface area contributed by atoms with Crippen LogP contribution in [0.1, 0.15) is 31.0 Å². The van der Waals surface area contributed by atoms with Crippen molar-refractivity contribution >= 4 is 28.1 Å². The normalized spacial score (nSPS) is 11.0. The molecule has 2 aromatic carbocycles. The molecule has 4 aromatic rings. The number of anilines is 2. The molecule has 2 aromatic heterocycles. The van der Waals surface area contributed by atoms with Gasteiger partial charge in [-0.3, -0.25) is 10.1 Å². The number of benzene rings is 2. The topological polar surface area (TPSA) is 103 Å². The Bertz CT molecular complexity index is 1260. The fourth-order valence-electron chi connectivity index (χ4n) is 3.19. The van der Waals surface area contributed by atoms with Crippen molar-refractivity contribution in [2.45, 2.75) is 26.7 Å². The highest BCUT2D eigenvalue weighted by Gasteiger charge is 2.26. The number of nitrogens with zero attached hydrogens (tertiary/aromatic N) is 4. The van der Waals surface area contributed by atoms with E-state index in [2.05, 4.69) is 34.1 Å². The fourth-order valence-corrected chi connectivity index (χ4v) is 3.19. The van der Waals surface area contributed by atoms with Crippen LogP contribution >= 0.6 is 0 Å². The first-order chi connectivity index (χ1) is 14.9. The van der Waals surface area contributed by atoms with E-state index in [4.69, 9.17) is 4.74 Å². The predicted molar refractivity (Wildman–Crippen MR) is 119 cm³/mol. The van der Waals surface area contributed by atoms with Gasteiger partial charge in [-0.2, -0.15) is 4.98 Å². The van der Waals surface area contributed by atoms with Crippen molar-refractivity contribution in [1.82, 2.24) is 15.0 Å². The SMILES string of the molecule is Cc1ccc2cccc(Oc3ncnc(Nc4ccc(C(C)C)cc4)c3[N+](=O)[O-])c2n1. The number of hydrogen-bond acceptors (Lipinski definition) is 7. The third kappa shape index (κ3) is 4.28. The minimum atomic E-state index is -0.552. The van der Waals surface area contributed by atoms with Crippen LogP contribution in [0.3, 0.4) is 0 Å². The molecule has 0 aliphatic heterocycles. The van der Waals surface area contributed by atoms with Crippen LogP contribution in [0.4, 0.5) is 17.2 Å². The van der Waals surface area contributed by atoms with Crippen LogP contribution in [-0.4, -0.2) is 19.9 Å². The monoisotopic (exact) mass is 415 g/mol. The second kappa shape index (κ2) is 8.35. The zero-order chi connectivity index (χ0) is 22.0. The molecule has 4 rings (SSSR count). The number of ether oxygens (including phenoxy) is 1. The van der Waals surface area contributed by atoms with Crippen molar-refractivity contribution in [2.75, 3.05) is 5.32 Å². The molecule has 8 nitrogen and oxygen atoms in total. The van der Waals surface area contributed by atoms with E-state index in [9.17, 15) is 10.1 Å². The maximum Gasteiger partial charge on any atom is 0.373 e. The van der Waals surface area contributed by atoms with Crippen molar-refractivity contribution in [3.63, 3.8) is 0 Å². The minimum Gasteiger partial charge on any atom is -0.431 e. The van der Waals surface area contributed by atoms with Crippen LogP contribution in [0, 0.1) is 17.0 Å². The molecular formula is C23H21N5O3. The highest BCUT2D eigenvalue weighted by Crippen LogP contribution is 2.37. The highest BCUT2D eigenvalue weighted by atomic mass is 16.6. The summed E-state index contributed by atoms with van der Waals surface area (Å²) < 4.78 is 5.87. The first-order valence-corrected chi connectivity index (χ1v) is 9.83. The molecule has 0 aliphatic rings. The van der Waals surface area contributed by atoms with Crippen molar-refractivity contribution < 1.29 is 9.66 Å². The molecule has 8 heteroatoms. The largest absolute Gasteiger partial charge is 0.431 e. The Morgan fingerprint density at radius 1 is 1.03 bits per heavy atom. The van der Waals surface area contributed by atoms with Crippen molar-refractivity contribution in [2.24, 2.45) is 0 Å². The van der Waals surface area contributed by atoms with Crippen molar-refractivity contribution in [3.05, 3.63) is 82.3 Å². The minimum absolute atomic E-state index is 0.0525. The van der Waals surface area contributed by atoms with Gasteiger partial charge in [-0.1, -0.05) is 44.2 Å². The Morgan fingerprint density at radius 3 is 2.52 bits per heavy atom. The van der Waals surface area contributed by atoms with Gasteiger partial charge in [-0.05, 0) is 42.7 Å². The lowest BCUT2D eigenvalue weighted by Crippen LogP contribution is -2.04. The first kappa shape index (κ1) is 20.2. The van der Waals surface area contributed by atoms with E-state index in [1.807, 2.05) is 49.4 Å². The van der Waals surface area contributed by atoms with E-state index in [1.54, 1.807) is 12.1 Å². The summed E-state index contributed by atoms with van der Waals surface area (Å²) in [5.74, 6) is 0.671. The molecule has 0 radical (unpaired) electrons. The maximum atomic E-state index is 11.9. The van der Waals surface area contributed by atoms with E-state index in [-0.39, 0.29) is 17.4 Å². The van der Waals surface area contributed by atoms with Crippen molar-refractivity contribution in [3.8, 4) is 11.6 Å². The van der Waals surface area contributed by atoms with Gasteiger partial charge in [-0.15, -0.1) is 0 Å². The summed E-state index contributed by atoms with van der Waals surface area (Å²) in [5, 5.41) is 15.7.